The third kappa shape index (κ3) is 3.29. The quantitative estimate of drug-likeness (QED) is 0.932. The number of ether oxygens (including phenoxy) is 2. The van der Waals surface area contributed by atoms with Crippen molar-refractivity contribution < 1.29 is 14.0 Å². The molecule has 2 aromatic rings. The molecular weight excluding hydrogens is 268 g/mol. The molecule has 0 bridgehead atoms. The molecule has 0 saturated heterocycles. The van der Waals surface area contributed by atoms with Gasteiger partial charge in [-0.1, -0.05) is 32.0 Å². The van der Waals surface area contributed by atoms with Crippen LogP contribution < -0.4 is 15.2 Å². The number of rotatable bonds is 4. The number of aromatic nitrogens is 1. The standard InChI is InChI=1S/C16H22N2O3/c1-16(2,3)9-11-14(15(17)21-18-11)10-6-7-12(19-4)13(8-10)20-5/h6-8H,9,17H2,1-5H3. The summed E-state index contributed by atoms with van der Waals surface area (Å²) in [5.41, 5.74) is 8.63. The van der Waals surface area contributed by atoms with E-state index < -0.39 is 0 Å². The van der Waals surface area contributed by atoms with E-state index in [4.69, 9.17) is 19.7 Å². The lowest BCUT2D eigenvalue weighted by molar-refractivity contribution is 0.355. The van der Waals surface area contributed by atoms with Crippen molar-refractivity contribution in [3.63, 3.8) is 0 Å². The minimum absolute atomic E-state index is 0.0919. The number of anilines is 1. The molecule has 0 amide bonds. The van der Waals surface area contributed by atoms with Crippen LogP contribution in [0.15, 0.2) is 22.7 Å². The smallest absolute Gasteiger partial charge is 0.230 e. The summed E-state index contributed by atoms with van der Waals surface area (Å²) in [7, 11) is 3.21. The second kappa shape index (κ2) is 5.68. The van der Waals surface area contributed by atoms with Gasteiger partial charge in [-0.25, -0.2) is 0 Å². The highest BCUT2D eigenvalue weighted by atomic mass is 16.5. The van der Waals surface area contributed by atoms with Crippen molar-refractivity contribution in [3.05, 3.63) is 23.9 Å². The van der Waals surface area contributed by atoms with Crippen LogP contribution in [-0.2, 0) is 6.42 Å². The van der Waals surface area contributed by atoms with E-state index in [2.05, 4.69) is 25.9 Å². The molecule has 0 aliphatic carbocycles. The minimum atomic E-state index is 0.0919. The molecule has 1 aromatic carbocycles. The maximum absolute atomic E-state index is 5.95. The Balaban J connectivity index is 2.49. The van der Waals surface area contributed by atoms with Crippen molar-refractivity contribution >= 4 is 5.88 Å². The van der Waals surface area contributed by atoms with E-state index in [-0.39, 0.29) is 5.41 Å². The average Bonchev–Trinajstić information content (AvgIpc) is 2.76. The van der Waals surface area contributed by atoms with Gasteiger partial charge < -0.3 is 19.7 Å². The zero-order valence-electron chi connectivity index (χ0n) is 13.2. The van der Waals surface area contributed by atoms with Crippen molar-refractivity contribution in [2.75, 3.05) is 20.0 Å². The fraction of sp³-hybridized carbons (Fsp3) is 0.438. The van der Waals surface area contributed by atoms with Gasteiger partial charge in [0.2, 0.25) is 5.88 Å². The van der Waals surface area contributed by atoms with E-state index in [1.807, 2.05) is 18.2 Å². The summed E-state index contributed by atoms with van der Waals surface area (Å²) in [5.74, 6) is 1.65. The van der Waals surface area contributed by atoms with Crippen LogP contribution in [0.1, 0.15) is 26.5 Å². The molecule has 0 atom stereocenters. The number of nitrogen functional groups attached to an aromatic ring is 1. The predicted octanol–water partition coefficient (Wildman–Crippen LogP) is 3.53. The Kier molecular flexibility index (Phi) is 4.11. The Morgan fingerprint density at radius 3 is 2.38 bits per heavy atom. The minimum Gasteiger partial charge on any atom is -0.493 e. The lowest BCUT2D eigenvalue weighted by atomic mass is 9.88. The summed E-state index contributed by atoms with van der Waals surface area (Å²) in [6.07, 6.45) is 0.775. The number of hydrogen-bond donors (Lipinski definition) is 1. The number of methoxy groups -OCH3 is 2. The van der Waals surface area contributed by atoms with Gasteiger partial charge in [0.05, 0.1) is 25.5 Å². The highest BCUT2D eigenvalue weighted by Crippen LogP contribution is 2.38. The van der Waals surface area contributed by atoms with Gasteiger partial charge in [0, 0.05) is 0 Å². The first-order chi connectivity index (χ1) is 9.85. The van der Waals surface area contributed by atoms with Gasteiger partial charge in [-0.3, -0.25) is 0 Å². The highest BCUT2D eigenvalue weighted by molar-refractivity contribution is 5.77. The summed E-state index contributed by atoms with van der Waals surface area (Å²) in [4.78, 5) is 0. The van der Waals surface area contributed by atoms with Crippen LogP contribution in [0, 0.1) is 5.41 Å². The molecule has 0 spiro atoms. The van der Waals surface area contributed by atoms with Crippen molar-refractivity contribution in [1.29, 1.82) is 0 Å². The van der Waals surface area contributed by atoms with Crippen LogP contribution in [0.2, 0.25) is 0 Å². The van der Waals surface area contributed by atoms with E-state index in [0.29, 0.717) is 17.4 Å². The Labute approximate surface area is 125 Å². The van der Waals surface area contributed by atoms with Gasteiger partial charge in [-0.15, -0.1) is 0 Å². The maximum atomic E-state index is 5.95. The third-order valence-electron chi connectivity index (χ3n) is 3.16. The van der Waals surface area contributed by atoms with Crippen LogP contribution in [0.4, 0.5) is 5.88 Å². The van der Waals surface area contributed by atoms with E-state index in [9.17, 15) is 0 Å². The Bertz CT molecular complexity index is 627. The second-order valence-electron chi connectivity index (χ2n) is 6.18. The number of nitrogens with two attached hydrogens (primary N) is 1. The molecule has 0 fully saturated rings. The molecule has 0 saturated carbocycles. The molecule has 5 heteroatoms. The van der Waals surface area contributed by atoms with Crippen molar-refractivity contribution in [2.24, 2.45) is 5.41 Å². The molecule has 2 N–H and O–H groups in total. The first-order valence-corrected chi connectivity index (χ1v) is 6.82. The van der Waals surface area contributed by atoms with Gasteiger partial charge in [0.25, 0.3) is 0 Å². The topological polar surface area (TPSA) is 70.5 Å². The maximum Gasteiger partial charge on any atom is 0.230 e. The third-order valence-corrected chi connectivity index (χ3v) is 3.16. The molecule has 1 aromatic heterocycles. The molecule has 0 unspecified atom stereocenters. The summed E-state index contributed by atoms with van der Waals surface area (Å²) >= 11 is 0. The molecule has 2 rings (SSSR count). The summed E-state index contributed by atoms with van der Waals surface area (Å²) in [6.45, 7) is 6.45. The fourth-order valence-corrected chi connectivity index (χ4v) is 2.26. The molecule has 21 heavy (non-hydrogen) atoms. The zero-order valence-corrected chi connectivity index (χ0v) is 13.2. The molecule has 0 radical (unpaired) electrons. The molecule has 0 aliphatic rings. The first-order valence-electron chi connectivity index (χ1n) is 6.82. The first kappa shape index (κ1) is 15.2. The zero-order chi connectivity index (χ0) is 15.6. The lowest BCUT2D eigenvalue weighted by Gasteiger charge is -2.17. The van der Waals surface area contributed by atoms with Crippen LogP contribution in [-0.4, -0.2) is 19.4 Å². The Hall–Kier alpha value is -2.17. The lowest BCUT2D eigenvalue weighted by Crippen LogP contribution is -2.10. The van der Waals surface area contributed by atoms with Crippen LogP contribution in [0.5, 0.6) is 11.5 Å². The van der Waals surface area contributed by atoms with Crippen molar-refractivity contribution in [3.8, 4) is 22.6 Å². The molecule has 0 aliphatic heterocycles. The van der Waals surface area contributed by atoms with Crippen LogP contribution in [0.25, 0.3) is 11.1 Å². The van der Waals surface area contributed by atoms with Gasteiger partial charge in [0.1, 0.15) is 0 Å². The van der Waals surface area contributed by atoms with E-state index >= 15 is 0 Å². The highest BCUT2D eigenvalue weighted by Gasteiger charge is 2.22. The van der Waals surface area contributed by atoms with Crippen LogP contribution in [0.3, 0.4) is 0 Å². The fourth-order valence-electron chi connectivity index (χ4n) is 2.26. The van der Waals surface area contributed by atoms with Gasteiger partial charge in [0.15, 0.2) is 11.5 Å². The number of benzene rings is 1. The van der Waals surface area contributed by atoms with Crippen LogP contribution >= 0.6 is 0 Å². The Morgan fingerprint density at radius 1 is 1.14 bits per heavy atom. The second-order valence-corrected chi connectivity index (χ2v) is 6.18. The van der Waals surface area contributed by atoms with Gasteiger partial charge in [-0.2, -0.15) is 0 Å². The van der Waals surface area contributed by atoms with Gasteiger partial charge in [-0.05, 0) is 29.5 Å². The average molecular weight is 290 g/mol. The summed E-state index contributed by atoms with van der Waals surface area (Å²) < 4.78 is 15.8. The van der Waals surface area contributed by atoms with Crippen molar-refractivity contribution in [2.45, 2.75) is 27.2 Å². The molecule has 1 heterocycles. The summed E-state index contributed by atoms with van der Waals surface area (Å²) in [5, 5.41) is 4.10. The largest absolute Gasteiger partial charge is 0.493 e. The van der Waals surface area contributed by atoms with Gasteiger partial charge >= 0.3 is 0 Å². The molecule has 5 nitrogen and oxygen atoms in total. The monoisotopic (exact) mass is 290 g/mol. The summed E-state index contributed by atoms with van der Waals surface area (Å²) in [6, 6.07) is 5.66. The Morgan fingerprint density at radius 2 is 1.81 bits per heavy atom. The SMILES string of the molecule is COc1ccc(-c2c(CC(C)(C)C)noc2N)cc1OC. The number of hydrogen-bond acceptors (Lipinski definition) is 5. The van der Waals surface area contributed by atoms with Crippen molar-refractivity contribution in [1.82, 2.24) is 5.16 Å². The number of nitrogens with zero attached hydrogens (tertiary/aromatic N) is 1. The predicted molar refractivity (Wildman–Crippen MR) is 82.6 cm³/mol. The van der Waals surface area contributed by atoms with E-state index in [0.717, 1.165) is 23.2 Å². The normalized spacial score (nSPS) is 11.5. The van der Waals surface area contributed by atoms with E-state index in [1.165, 1.54) is 0 Å². The van der Waals surface area contributed by atoms with E-state index in [1.54, 1.807) is 14.2 Å². The molecule has 114 valence electrons. The molecular formula is C16H22N2O3.